The highest BCUT2D eigenvalue weighted by atomic mass is 16.3. The SMILES string of the molecule is CC(N)(CO)c1n[nH]c(=O)[nH]1. The van der Waals surface area contributed by atoms with E-state index in [0.29, 0.717) is 0 Å². The van der Waals surface area contributed by atoms with Gasteiger partial charge in [0, 0.05) is 0 Å². The molecule has 0 fully saturated rings. The first-order valence-corrected chi connectivity index (χ1v) is 3.11. The number of aliphatic hydroxyl groups is 1. The number of aliphatic hydroxyl groups excluding tert-OH is 1. The highest BCUT2D eigenvalue weighted by molar-refractivity contribution is 4.99. The Morgan fingerprint density at radius 2 is 2.45 bits per heavy atom. The summed E-state index contributed by atoms with van der Waals surface area (Å²) in [6.07, 6.45) is 0. The first kappa shape index (κ1) is 7.96. The summed E-state index contributed by atoms with van der Waals surface area (Å²) in [6, 6.07) is 0. The van der Waals surface area contributed by atoms with E-state index in [9.17, 15) is 4.79 Å². The fourth-order valence-corrected chi connectivity index (χ4v) is 0.615. The quantitative estimate of drug-likeness (QED) is 0.410. The number of aromatic nitrogens is 3. The number of nitrogens with two attached hydrogens (primary N) is 1. The van der Waals surface area contributed by atoms with Gasteiger partial charge in [0.15, 0.2) is 5.82 Å². The lowest BCUT2D eigenvalue weighted by Crippen LogP contribution is -2.38. The van der Waals surface area contributed by atoms with Crippen molar-refractivity contribution in [2.75, 3.05) is 6.61 Å². The first-order valence-electron chi connectivity index (χ1n) is 3.11. The van der Waals surface area contributed by atoms with Crippen molar-refractivity contribution in [3.8, 4) is 0 Å². The summed E-state index contributed by atoms with van der Waals surface area (Å²) in [7, 11) is 0. The molecule has 1 aromatic heterocycles. The molecule has 0 spiro atoms. The number of hydrogen-bond donors (Lipinski definition) is 4. The Labute approximate surface area is 62.4 Å². The second-order valence-corrected chi connectivity index (χ2v) is 2.60. The van der Waals surface area contributed by atoms with Crippen LogP contribution in [-0.4, -0.2) is 26.9 Å². The predicted molar refractivity (Wildman–Crippen MR) is 37.8 cm³/mol. The molecule has 1 rings (SSSR count). The maximum Gasteiger partial charge on any atom is 0.340 e. The van der Waals surface area contributed by atoms with Crippen molar-refractivity contribution in [1.29, 1.82) is 0 Å². The molecule has 11 heavy (non-hydrogen) atoms. The molecule has 5 N–H and O–H groups in total. The average Bonchev–Trinajstić information content (AvgIpc) is 2.36. The number of hydrogen-bond acceptors (Lipinski definition) is 4. The molecule has 0 amide bonds. The van der Waals surface area contributed by atoms with E-state index in [1.54, 1.807) is 6.92 Å². The monoisotopic (exact) mass is 158 g/mol. The highest BCUT2D eigenvalue weighted by Crippen LogP contribution is 2.08. The van der Waals surface area contributed by atoms with E-state index in [4.69, 9.17) is 10.8 Å². The first-order chi connectivity index (χ1) is 5.06. The van der Waals surface area contributed by atoms with Gasteiger partial charge in [-0.25, -0.2) is 9.89 Å². The normalized spacial score (nSPS) is 16.3. The largest absolute Gasteiger partial charge is 0.394 e. The van der Waals surface area contributed by atoms with Crippen LogP contribution >= 0.6 is 0 Å². The number of H-pyrrole nitrogens is 2. The van der Waals surface area contributed by atoms with Gasteiger partial charge < -0.3 is 10.8 Å². The van der Waals surface area contributed by atoms with E-state index in [1.165, 1.54) is 0 Å². The zero-order valence-electron chi connectivity index (χ0n) is 6.09. The van der Waals surface area contributed by atoms with Crippen molar-refractivity contribution in [3.05, 3.63) is 16.3 Å². The molecule has 1 heterocycles. The van der Waals surface area contributed by atoms with Crippen molar-refractivity contribution in [2.45, 2.75) is 12.5 Å². The molecular weight excluding hydrogens is 148 g/mol. The Kier molecular flexibility index (Phi) is 1.79. The Morgan fingerprint density at radius 3 is 2.82 bits per heavy atom. The van der Waals surface area contributed by atoms with E-state index < -0.39 is 11.2 Å². The van der Waals surface area contributed by atoms with E-state index in [0.717, 1.165) is 0 Å². The second-order valence-electron chi connectivity index (χ2n) is 2.60. The summed E-state index contributed by atoms with van der Waals surface area (Å²) in [6.45, 7) is 1.30. The van der Waals surface area contributed by atoms with Gasteiger partial charge in [0.05, 0.1) is 12.1 Å². The highest BCUT2D eigenvalue weighted by Gasteiger charge is 2.23. The minimum absolute atomic E-state index is 0.255. The molecule has 1 atom stereocenters. The fraction of sp³-hybridized carbons (Fsp3) is 0.600. The average molecular weight is 158 g/mol. The molecule has 0 bridgehead atoms. The molecule has 6 heteroatoms. The lowest BCUT2D eigenvalue weighted by molar-refractivity contribution is 0.203. The molecule has 0 radical (unpaired) electrons. The molecule has 0 aliphatic heterocycles. The summed E-state index contributed by atoms with van der Waals surface area (Å²) in [4.78, 5) is 12.9. The molecule has 0 aliphatic rings. The Morgan fingerprint density at radius 1 is 1.82 bits per heavy atom. The van der Waals surface area contributed by atoms with Crippen LogP contribution < -0.4 is 11.4 Å². The van der Waals surface area contributed by atoms with Crippen LogP contribution in [0.4, 0.5) is 0 Å². The van der Waals surface area contributed by atoms with Gasteiger partial charge in [0.1, 0.15) is 0 Å². The van der Waals surface area contributed by atoms with Crippen LogP contribution in [-0.2, 0) is 5.54 Å². The standard InChI is InChI=1S/C5H10N4O2/c1-5(6,2-10)3-7-4(11)9-8-3/h10H,2,6H2,1H3,(H2,7,8,9,11). The van der Waals surface area contributed by atoms with E-state index >= 15 is 0 Å². The third kappa shape index (κ3) is 1.47. The maximum atomic E-state index is 10.5. The van der Waals surface area contributed by atoms with Crippen LogP contribution in [0.15, 0.2) is 4.79 Å². The molecule has 1 aromatic rings. The topological polar surface area (TPSA) is 108 Å². The molecule has 0 saturated heterocycles. The number of nitrogens with one attached hydrogen (secondary N) is 2. The summed E-state index contributed by atoms with van der Waals surface area (Å²) < 4.78 is 0. The van der Waals surface area contributed by atoms with Gasteiger partial charge in [0.25, 0.3) is 0 Å². The van der Waals surface area contributed by atoms with Gasteiger partial charge in [-0.1, -0.05) is 0 Å². The van der Waals surface area contributed by atoms with Crippen LogP contribution in [0.2, 0.25) is 0 Å². The third-order valence-electron chi connectivity index (χ3n) is 1.37. The summed E-state index contributed by atoms with van der Waals surface area (Å²) >= 11 is 0. The van der Waals surface area contributed by atoms with Crippen LogP contribution in [0.1, 0.15) is 12.7 Å². The van der Waals surface area contributed by atoms with Crippen molar-refractivity contribution in [2.24, 2.45) is 5.73 Å². The van der Waals surface area contributed by atoms with Gasteiger partial charge in [-0.05, 0) is 6.92 Å². The molecule has 62 valence electrons. The zero-order chi connectivity index (χ0) is 8.48. The van der Waals surface area contributed by atoms with Crippen LogP contribution in [0.3, 0.4) is 0 Å². The molecule has 6 nitrogen and oxygen atoms in total. The van der Waals surface area contributed by atoms with E-state index in [2.05, 4.69) is 15.2 Å². The van der Waals surface area contributed by atoms with E-state index in [1.807, 2.05) is 0 Å². The molecule has 0 saturated carbocycles. The minimum atomic E-state index is -0.987. The van der Waals surface area contributed by atoms with Gasteiger partial charge in [-0.2, -0.15) is 5.10 Å². The molecule has 0 aromatic carbocycles. The van der Waals surface area contributed by atoms with Crippen molar-refractivity contribution in [3.63, 3.8) is 0 Å². The Bertz CT molecular complexity index is 287. The number of rotatable bonds is 2. The minimum Gasteiger partial charge on any atom is -0.394 e. The Hall–Kier alpha value is -1.14. The molecule has 0 aliphatic carbocycles. The fourth-order valence-electron chi connectivity index (χ4n) is 0.615. The Balaban J connectivity index is 3.01. The van der Waals surface area contributed by atoms with Crippen LogP contribution in [0, 0.1) is 0 Å². The van der Waals surface area contributed by atoms with Gasteiger partial charge in [-0.3, -0.25) is 4.98 Å². The third-order valence-corrected chi connectivity index (χ3v) is 1.37. The number of aromatic amines is 2. The summed E-state index contributed by atoms with van der Waals surface area (Å²) in [5.41, 5.74) is 4.14. The lowest BCUT2D eigenvalue weighted by Gasteiger charge is -2.16. The van der Waals surface area contributed by atoms with Crippen LogP contribution in [0.25, 0.3) is 0 Å². The number of nitrogens with zero attached hydrogens (tertiary/aromatic N) is 1. The zero-order valence-corrected chi connectivity index (χ0v) is 6.09. The van der Waals surface area contributed by atoms with Gasteiger partial charge in [-0.15, -0.1) is 0 Å². The second kappa shape index (κ2) is 2.48. The van der Waals surface area contributed by atoms with Crippen molar-refractivity contribution >= 4 is 0 Å². The van der Waals surface area contributed by atoms with Gasteiger partial charge in [0.2, 0.25) is 0 Å². The van der Waals surface area contributed by atoms with Gasteiger partial charge >= 0.3 is 5.69 Å². The maximum absolute atomic E-state index is 10.5. The van der Waals surface area contributed by atoms with Crippen molar-refractivity contribution < 1.29 is 5.11 Å². The summed E-state index contributed by atoms with van der Waals surface area (Å²) in [5, 5.41) is 14.5. The summed E-state index contributed by atoms with van der Waals surface area (Å²) in [5.74, 6) is 0.255. The molecular formula is C5H10N4O2. The molecule has 1 unspecified atom stereocenters. The smallest absolute Gasteiger partial charge is 0.340 e. The predicted octanol–water partition coefficient (Wildman–Crippen LogP) is -1.74. The van der Waals surface area contributed by atoms with E-state index in [-0.39, 0.29) is 12.4 Å². The lowest BCUT2D eigenvalue weighted by atomic mass is 10.1. The van der Waals surface area contributed by atoms with Crippen molar-refractivity contribution in [1.82, 2.24) is 15.2 Å². The van der Waals surface area contributed by atoms with Crippen LogP contribution in [0.5, 0.6) is 0 Å².